The number of nitrogens with two attached hydrogens (primary N) is 1. The van der Waals surface area contributed by atoms with Gasteiger partial charge >= 0.3 is 0 Å². The van der Waals surface area contributed by atoms with E-state index in [9.17, 15) is 0 Å². The first-order valence-corrected chi connectivity index (χ1v) is 6.53. The van der Waals surface area contributed by atoms with E-state index in [1.807, 2.05) is 18.2 Å². The Kier molecular flexibility index (Phi) is 5.01. The number of hydrogen-bond acceptors (Lipinski definition) is 5. The zero-order valence-corrected chi connectivity index (χ0v) is 11.6. The Morgan fingerprint density at radius 3 is 2.21 bits per heavy atom. The van der Waals surface area contributed by atoms with Crippen molar-refractivity contribution in [3.63, 3.8) is 0 Å². The molecular weight excluding hydrogens is 244 g/mol. The fourth-order valence-corrected chi connectivity index (χ4v) is 2.41. The summed E-state index contributed by atoms with van der Waals surface area (Å²) in [6, 6.07) is 6.09. The molecule has 0 aliphatic carbocycles. The maximum absolute atomic E-state index is 5.95. The molecule has 0 radical (unpaired) electrons. The van der Waals surface area contributed by atoms with E-state index in [0.29, 0.717) is 6.54 Å². The van der Waals surface area contributed by atoms with Gasteiger partial charge in [-0.2, -0.15) is 0 Å². The highest BCUT2D eigenvalue weighted by Crippen LogP contribution is 2.29. The predicted octanol–water partition coefficient (Wildman–Crippen LogP) is 1.04. The topological polar surface area (TPSA) is 57.0 Å². The molecule has 19 heavy (non-hydrogen) atoms. The van der Waals surface area contributed by atoms with Gasteiger partial charge in [-0.3, -0.25) is 4.90 Å². The minimum absolute atomic E-state index is 0.174. The molecule has 2 N–H and O–H groups in total. The van der Waals surface area contributed by atoms with Crippen LogP contribution in [0.25, 0.3) is 0 Å². The minimum Gasteiger partial charge on any atom is -0.497 e. The van der Waals surface area contributed by atoms with Gasteiger partial charge in [0.2, 0.25) is 0 Å². The summed E-state index contributed by atoms with van der Waals surface area (Å²) in [5, 5.41) is 0. The van der Waals surface area contributed by atoms with Crippen molar-refractivity contribution in [3.8, 4) is 11.5 Å². The largest absolute Gasteiger partial charge is 0.497 e. The Morgan fingerprint density at radius 2 is 1.74 bits per heavy atom. The van der Waals surface area contributed by atoms with Crippen molar-refractivity contribution in [1.29, 1.82) is 0 Å². The van der Waals surface area contributed by atoms with Crippen LogP contribution in [0.1, 0.15) is 11.6 Å². The highest BCUT2D eigenvalue weighted by atomic mass is 16.5. The highest BCUT2D eigenvalue weighted by Gasteiger charge is 2.22. The van der Waals surface area contributed by atoms with Crippen LogP contribution in [0.15, 0.2) is 18.2 Å². The molecule has 1 aromatic carbocycles. The average Bonchev–Trinajstić information content (AvgIpc) is 2.48. The van der Waals surface area contributed by atoms with Crippen molar-refractivity contribution in [3.05, 3.63) is 23.8 Å². The van der Waals surface area contributed by atoms with Gasteiger partial charge in [-0.1, -0.05) is 0 Å². The Bertz CT molecular complexity index is 383. The van der Waals surface area contributed by atoms with E-state index in [2.05, 4.69) is 4.90 Å². The lowest BCUT2D eigenvalue weighted by molar-refractivity contribution is 0.0178. The lowest BCUT2D eigenvalue weighted by Crippen LogP contribution is -2.41. The molecule has 2 rings (SSSR count). The maximum atomic E-state index is 5.95. The van der Waals surface area contributed by atoms with E-state index in [1.54, 1.807) is 14.2 Å². The maximum Gasteiger partial charge on any atom is 0.122 e. The number of benzene rings is 1. The Balaban J connectivity index is 2.25. The number of methoxy groups -OCH3 is 2. The van der Waals surface area contributed by atoms with Crippen LogP contribution >= 0.6 is 0 Å². The van der Waals surface area contributed by atoms with Gasteiger partial charge in [-0.15, -0.1) is 0 Å². The first kappa shape index (κ1) is 14.1. The van der Waals surface area contributed by atoms with Crippen molar-refractivity contribution >= 4 is 0 Å². The summed E-state index contributed by atoms with van der Waals surface area (Å²) in [5.74, 6) is 1.59. The smallest absolute Gasteiger partial charge is 0.122 e. The van der Waals surface area contributed by atoms with Gasteiger partial charge in [0.05, 0.1) is 27.4 Å². The summed E-state index contributed by atoms with van der Waals surface area (Å²) in [6.07, 6.45) is 0. The van der Waals surface area contributed by atoms with Crippen LogP contribution in [0.4, 0.5) is 0 Å². The number of ether oxygens (including phenoxy) is 3. The molecule has 1 heterocycles. The Labute approximate surface area is 114 Å². The van der Waals surface area contributed by atoms with E-state index in [0.717, 1.165) is 43.4 Å². The molecule has 1 aliphatic rings. The predicted molar refractivity (Wildman–Crippen MR) is 73.7 cm³/mol. The monoisotopic (exact) mass is 266 g/mol. The molecule has 5 heteroatoms. The van der Waals surface area contributed by atoms with E-state index in [1.165, 1.54) is 0 Å². The fourth-order valence-electron chi connectivity index (χ4n) is 2.41. The zero-order chi connectivity index (χ0) is 13.7. The standard InChI is InChI=1S/C14H22N2O3/c1-17-12-7-11(8-13(9-12)18-2)14(10-15)16-3-5-19-6-4-16/h7-9,14H,3-6,10,15H2,1-2H3. The zero-order valence-electron chi connectivity index (χ0n) is 11.6. The summed E-state index contributed by atoms with van der Waals surface area (Å²) in [4.78, 5) is 2.34. The second-order valence-corrected chi connectivity index (χ2v) is 4.55. The molecule has 0 amide bonds. The third-order valence-electron chi connectivity index (χ3n) is 3.47. The quantitative estimate of drug-likeness (QED) is 0.863. The van der Waals surface area contributed by atoms with Crippen LogP contribution in [-0.4, -0.2) is 52.0 Å². The fraction of sp³-hybridized carbons (Fsp3) is 0.571. The van der Waals surface area contributed by atoms with Gasteiger partial charge < -0.3 is 19.9 Å². The number of morpholine rings is 1. The molecule has 5 nitrogen and oxygen atoms in total. The highest BCUT2D eigenvalue weighted by molar-refractivity contribution is 5.40. The molecule has 1 unspecified atom stereocenters. The van der Waals surface area contributed by atoms with Crippen LogP contribution in [0.2, 0.25) is 0 Å². The molecule has 0 saturated carbocycles. The molecule has 1 aliphatic heterocycles. The third kappa shape index (κ3) is 3.37. The lowest BCUT2D eigenvalue weighted by Gasteiger charge is -2.34. The molecule has 106 valence electrons. The first-order valence-electron chi connectivity index (χ1n) is 6.53. The van der Waals surface area contributed by atoms with Crippen LogP contribution < -0.4 is 15.2 Å². The van der Waals surface area contributed by atoms with Gasteiger partial charge in [0.15, 0.2) is 0 Å². The number of hydrogen-bond donors (Lipinski definition) is 1. The van der Waals surface area contributed by atoms with Gasteiger partial charge in [-0.05, 0) is 17.7 Å². The van der Waals surface area contributed by atoms with E-state index in [-0.39, 0.29) is 6.04 Å². The van der Waals surface area contributed by atoms with Gasteiger partial charge in [0.25, 0.3) is 0 Å². The third-order valence-corrected chi connectivity index (χ3v) is 3.47. The number of nitrogens with zero attached hydrogens (tertiary/aromatic N) is 1. The first-order chi connectivity index (χ1) is 9.28. The van der Waals surface area contributed by atoms with Crippen LogP contribution in [0.5, 0.6) is 11.5 Å². The second-order valence-electron chi connectivity index (χ2n) is 4.55. The summed E-state index contributed by atoms with van der Waals surface area (Å²) < 4.78 is 16.0. The van der Waals surface area contributed by atoms with Crippen LogP contribution in [-0.2, 0) is 4.74 Å². The van der Waals surface area contributed by atoms with Gasteiger partial charge in [0.1, 0.15) is 11.5 Å². The molecule has 1 atom stereocenters. The average molecular weight is 266 g/mol. The molecular formula is C14H22N2O3. The lowest BCUT2D eigenvalue weighted by atomic mass is 10.0. The van der Waals surface area contributed by atoms with E-state index in [4.69, 9.17) is 19.9 Å². The Hall–Kier alpha value is -1.30. The molecule has 0 spiro atoms. The second kappa shape index (κ2) is 6.75. The molecule has 1 aromatic rings. The SMILES string of the molecule is COc1cc(OC)cc(C(CN)N2CCOCC2)c1. The molecule has 0 bridgehead atoms. The van der Waals surface area contributed by atoms with Gasteiger partial charge in [0, 0.05) is 31.7 Å². The number of rotatable bonds is 5. The van der Waals surface area contributed by atoms with E-state index < -0.39 is 0 Å². The van der Waals surface area contributed by atoms with Crippen molar-refractivity contribution in [1.82, 2.24) is 4.90 Å². The van der Waals surface area contributed by atoms with Crippen molar-refractivity contribution in [2.24, 2.45) is 5.73 Å². The van der Waals surface area contributed by atoms with Crippen LogP contribution in [0, 0.1) is 0 Å². The van der Waals surface area contributed by atoms with Crippen molar-refractivity contribution in [2.45, 2.75) is 6.04 Å². The minimum atomic E-state index is 0.174. The van der Waals surface area contributed by atoms with Crippen LogP contribution in [0.3, 0.4) is 0 Å². The van der Waals surface area contributed by atoms with E-state index >= 15 is 0 Å². The molecule has 0 aromatic heterocycles. The summed E-state index contributed by atoms with van der Waals surface area (Å²) in [5.41, 5.74) is 7.08. The molecule has 1 fully saturated rings. The van der Waals surface area contributed by atoms with Crippen molar-refractivity contribution in [2.75, 3.05) is 47.1 Å². The molecule has 1 saturated heterocycles. The van der Waals surface area contributed by atoms with Gasteiger partial charge in [-0.25, -0.2) is 0 Å². The Morgan fingerprint density at radius 1 is 1.16 bits per heavy atom. The summed E-state index contributed by atoms with van der Waals surface area (Å²) in [7, 11) is 3.31. The summed E-state index contributed by atoms with van der Waals surface area (Å²) in [6.45, 7) is 3.90. The normalized spacial score (nSPS) is 18.1. The van der Waals surface area contributed by atoms with Crippen molar-refractivity contribution < 1.29 is 14.2 Å². The summed E-state index contributed by atoms with van der Waals surface area (Å²) >= 11 is 0.